The molecule has 6 heteroatoms. The van der Waals surface area contributed by atoms with Crippen molar-refractivity contribution in [2.45, 2.75) is 38.2 Å². The summed E-state index contributed by atoms with van der Waals surface area (Å²) in [6.07, 6.45) is 2.90. The minimum Gasteiger partial charge on any atom is -0.431 e. The summed E-state index contributed by atoms with van der Waals surface area (Å²) in [5.74, 6) is 6.27. The summed E-state index contributed by atoms with van der Waals surface area (Å²) in [6, 6.07) is 5.27. The molecule has 0 aromatic heterocycles. The van der Waals surface area contributed by atoms with Gasteiger partial charge in [0.15, 0.2) is 0 Å². The molecular formula is C15H15NO5. The van der Waals surface area contributed by atoms with E-state index >= 15 is 0 Å². The van der Waals surface area contributed by atoms with E-state index in [1.54, 1.807) is 0 Å². The van der Waals surface area contributed by atoms with Crippen molar-refractivity contribution in [2.75, 3.05) is 0 Å². The highest BCUT2D eigenvalue weighted by molar-refractivity contribution is 5.64. The first-order chi connectivity index (χ1) is 10.1. The number of ether oxygens (including phenoxy) is 2. The Labute approximate surface area is 122 Å². The Morgan fingerprint density at radius 3 is 2.62 bits per heavy atom. The van der Waals surface area contributed by atoms with E-state index in [1.165, 1.54) is 24.3 Å². The molecule has 6 nitrogen and oxygen atoms in total. The van der Waals surface area contributed by atoms with Gasteiger partial charge in [0.25, 0.3) is 5.69 Å². The van der Waals surface area contributed by atoms with Crippen LogP contribution in [-0.2, 0) is 4.74 Å². The van der Waals surface area contributed by atoms with Gasteiger partial charge < -0.3 is 9.47 Å². The molecular weight excluding hydrogens is 274 g/mol. The lowest BCUT2D eigenvalue weighted by Gasteiger charge is -2.17. The molecule has 2 rings (SSSR count). The van der Waals surface area contributed by atoms with E-state index in [9.17, 15) is 14.9 Å². The minimum absolute atomic E-state index is 0.0608. The van der Waals surface area contributed by atoms with Gasteiger partial charge in [0.1, 0.15) is 11.9 Å². The maximum Gasteiger partial charge on any atom is 0.514 e. The van der Waals surface area contributed by atoms with Crippen LogP contribution in [0, 0.1) is 22.0 Å². The Hall–Kier alpha value is -2.55. The largest absolute Gasteiger partial charge is 0.514 e. The van der Waals surface area contributed by atoms with Crippen LogP contribution in [-0.4, -0.2) is 17.2 Å². The van der Waals surface area contributed by atoms with E-state index in [0.717, 1.165) is 19.3 Å². The number of nitro groups is 1. The van der Waals surface area contributed by atoms with Crippen molar-refractivity contribution in [3.63, 3.8) is 0 Å². The van der Waals surface area contributed by atoms with Crippen LogP contribution in [0.1, 0.15) is 32.1 Å². The number of non-ortho nitro benzene ring substituents is 1. The smallest absolute Gasteiger partial charge is 0.431 e. The third kappa shape index (κ3) is 4.80. The van der Waals surface area contributed by atoms with E-state index < -0.39 is 11.1 Å². The topological polar surface area (TPSA) is 78.7 Å². The zero-order valence-electron chi connectivity index (χ0n) is 11.4. The molecule has 0 spiro atoms. The lowest BCUT2D eigenvalue weighted by Crippen LogP contribution is -2.21. The fraction of sp³-hybridized carbons (Fsp3) is 0.400. The van der Waals surface area contributed by atoms with E-state index in [1.807, 2.05) is 0 Å². The average Bonchev–Trinajstić information content (AvgIpc) is 2.42. The Morgan fingerprint density at radius 2 is 1.90 bits per heavy atom. The first-order valence-corrected chi connectivity index (χ1v) is 6.74. The van der Waals surface area contributed by atoms with E-state index in [4.69, 9.17) is 9.47 Å². The lowest BCUT2D eigenvalue weighted by atomic mass is 10.0. The quantitative estimate of drug-likeness (QED) is 0.280. The monoisotopic (exact) mass is 289 g/mol. The van der Waals surface area contributed by atoms with Gasteiger partial charge in [0.05, 0.1) is 4.92 Å². The molecule has 0 saturated carbocycles. The van der Waals surface area contributed by atoms with Crippen LogP contribution in [0.2, 0.25) is 0 Å². The third-order valence-electron chi connectivity index (χ3n) is 3.06. The molecule has 0 saturated heterocycles. The van der Waals surface area contributed by atoms with Crippen molar-refractivity contribution in [1.82, 2.24) is 0 Å². The van der Waals surface area contributed by atoms with Crippen LogP contribution in [0.3, 0.4) is 0 Å². The van der Waals surface area contributed by atoms with Gasteiger partial charge in [-0.15, -0.1) is 11.8 Å². The summed E-state index contributed by atoms with van der Waals surface area (Å²) in [5.41, 5.74) is -0.0608. The molecule has 1 aromatic carbocycles. The number of carbonyl (C=O) groups excluding carboxylic acids is 1. The molecule has 21 heavy (non-hydrogen) atoms. The van der Waals surface area contributed by atoms with Gasteiger partial charge >= 0.3 is 6.16 Å². The minimum atomic E-state index is -0.789. The molecule has 0 heterocycles. The molecule has 1 aromatic rings. The highest BCUT2D eigenvalue weighted by Crippen LogP contribution is 2.19. The highest BCUT2D eigenvalue weighted by atomic mass is 16.7. The van der Waals surface area contributed by atoms with Crippen molar-refractivity contribution in [3.8, 4) is 17.6 Å². The maximum atomic E-state index is 11.7. The number of carbonyl (C=O) groups is 1. The predicted octanol–water partition coefficient (Wildman–Crippen LogP) is 3.45. The van der Waals surface area contributed by atoms with E-state index in [2.05, 4.69) is 11.8 Å². The number of rotatable bonds is 3. The molecule has 0 bridgehead atoms. The SMILES string of the molecule is O=C(Oc1ccc([N+](=O)[O-])cc1)OC1CCC#CCCC1. The number of benzene rings is 1. The molecule has 0 amide bonds. The van der Waals surface area contributed by atoms with Crippen molar-refractivity contribution in [2.24, 2.45) is 0 Å². The molecule has 1 aliphatic carbocycles. The zero-order valence-corrected chi connectivity index (χ0v) is 11.4. The second-order valence-electron chi connectivity index (χ2n) is 4.63. The highest BCUT2D eigenvalue weighted by Gasteiger charge is 2.16. The Morgan fingerprint density at radius 1 is 1.19 bits per heavy atom. The Balaban J connectivity index is 1.86. The molecule has 0 N–H and O–H groups in total. The summed E-state index contributed by atoms with van der Waals surface area (Å²) in [4.78, 5) is 21.7. The molecule has 1 aliphatic rings. The lowest BCUT2D eigenvalue weighted by molar-refractivity contribution is -0.384. The van der Waals surface area contributed by atoms with Crippen LogP contribution < -0.4 is 4.74 Å². The third-order valence-corrected chi connectivity index (χ3v) is 3.06. The Bertz CT molecular complexity index is 570. The van der Waals surface area contributed by atoms with Gasteiger partial charge in [-0.1, -0.05) is 0 Å². The summed E-state index contributed by atoms with van der Waals surface area (Å²) in [6.45, 7) is 0. The van der Waals surface area contributed by atoms with Gasteiger partial charge in [-0.3, -0.25) is 10.1 Å². The van der Waals surface area contributed by atoms with Gasteiger partial charge in [0, 0.05) is 25.0 Å². The van der Waals surface area contributed by atoms with Crippen LogP contribution in [0.5, 0.6) is 5.75 Å². The fourth-order valence-corrected chi connectivity index (χ4v) is 1.98. The van der Waals surface area contributed by atoms with Crippen LogP contribution in [0.4, 0.5) is 10.5 Å². The first-order valence-electron chi connectivity index (χ1n) is 6.74. The van der Waals surface area contributed by atoms with Crippen molar-refractivity contribution in [1.29, 1.82) is 0 Å². The first kappa shape index (κ1) is 14.9. The van der Waals surface area contributed by atoms with Crippen molar-refractivity contribution < 1.29 is 19.2 Å². The number of nitrogens with zero attached hydrogens (tertiary/aromatic N) is 1. The molecule has 0 aliphatic heterocycles. The summed E-state index contributed by atoms with van der Waals surface area (Å²) < 4.78 is 10.2. The summed E-state index contributed by atoms with van der Waals surface area (Å²) in [5, 5.41) is 10.5. The second kappa shape index (κ2) is 7.29. The molecule has 1 unspecified atom stereocenters. The normalized spacial score (nSPS) is 17.6. The molecule has 0 fully saturated rings. The average molecular weight is 289 g/mol. The summed E-state index contributed by atoms with van der Waals surface area (Å²) in [7, 11) is 0. The number of hydrogen-bond donors (Lipinski definition) is 0. The van der Waals surface area contributed by atoms with Gasteiger partial charge in [0.2, 0.25) is 0 Å². The summed E-state index contributed by atoms with van der Waals surface area (Å²) >= 11 is 0. The van der Waals surface area contributed by atoms with Crippen LogP contribution in [0.15, 0.2) is 24.3 Å². The maximum absolute atomic E-state index is 11.7. The standard InChI is InChI=1S/C15H15NO5/c17-15(20-13-6-4-2-1-3-5-7-13)21-14-10-8-12(9-11-14)16(18)19/h8-11,13H,2,4-7H2. The second-order valence-corrected chi connectivity index (χ2v) is 4.63. The molecule has 1 atom stereocenters. The van der Waals surface area contributed by atoms with Crippen LogP contribution >= 0.6 is 0 Å². The number of nitro benzene ring substituents is 1. The molecule has 0 radical (unpaired) electrons. The van der Waals surface area contributed by atoms with Crippen molar-refractivity contribution >= 4 is 11.8 Å². The number of hydrogen-bond acceptors (Lipinski definition) is 5. The van der Waals surface area contributed by atoms with Crippen molar-refractivity contribution in [3.05, 3.63) is 34.4 Å². The van der Waals surface area contributed by atoms with Gasteiger partial charge in [-0.2, -0.15) is 0 Å². The van der Waals surface area contributed by atoms with Crippen LogP contribution in [0.25, 0.3) is 0 Å². The van der Waals surface area contributed by atoms with Gasteiger partial charge in [-0.05, 0) is 31.4 Å². The fourth-order valence-electron chi connectivity index (χ4n) is 1.98. The van der Waals surface area contributed by atoms with E-state index in [-0.39, 0.29) is 17.5 Å². The Kier molecular flexibility index (Phi) is 5.16. The predicted molar refractivity (Wildman–Crippen MR) is 74.9 cm³/mol. The van der Waals surface area contributed by atoms with E-state index in [0.29, 0.717) is 12.8 Å². The molecule has 110 valence electrons. The zero-order chi connectivity index (χ0) is 15.1. The van der Waals surface area contributed by atoms with Gasteiger partial charge in [-0.25, -0.2) is 4.79 Å².